The average molecular weight is 249 g/mol. The summed E-state index contributed by atoms with van der Waals surface area (Å²) < 4.78 is 4.84. The Morgan fingerprint density at radius 3 is 3.11 bits per heavy atom. The molecule has 18 heavy (non-hydrogen) atoms. The molecule has 0 aromatic heterocycles. The number of hydrogen-bond donors (Lipinski definition) is 1. The largest absolute Gasteiger partial charge is 0.468 e. The highest BCUT2D eigenvalue weighted by molar-refractivity contribution is 5.88. The van der Waals surface area contributed by atoms with Crippen molar-refractivity contribution in [3.05, 3.63) is 37.0 Å². The number of methoxy groups -OCH3 is 1. The lowest BCUT2D eigenvalue weighted by molar-refractivity contribution is -0.152. The zero-order chi connectivity index (χ0) is 13.4. The van der Waals surface area contributed by atoms with Gasteiger partial charge in [-0.05, 0) is 12.8 Å². The van der Waals surface area contributed by atoms with Gasteiger partial charge in [0.05, 0.1) is 12.5 Å². The normalized spacial score (nSPS) is 23.5. The molecule has 0 radical (unpaired) electrons. The molecule has 98 valence electrons. The van der Waals surface area contributed by atoms with E-state index < -0.39 is 5.41 Å². The number of amides is 1. The first kappa shape index (κ1) is 14.2. The van der Waals surface area contributed by atoms with Crippen molar-refractivity contribution in [2.75, 3.05) is 13.7 Å². The number of rotatable bonds is 5. The first-order valence-corrected chi connectivity index (χ1v) is 5.95. The summed E-state index contributed by atoms with van der Waals surface area (Å²) in [5, 5.41) is 2.71. The van der Waals surface area contributed by atoms with E-state index in [-0.39, 0.29) is 18.3 Å². The molecular weight excluding hydrogens is 230 g/mol. The molecule has 0 saturated heterocycles. The van der Waals surface area contributed by atoms with Gasteiger partial charge in [-0.2, -0.15) is 0 Å². The molecule has 0 aromatic carbocycles. The van der Waals surface area contributed by atoms with Crippen LogP contribution in [-0.2, 0) is 14.3 Å². The molecule has 0 aliphatic carbocycles. The molecule has 0 fully saturated rings. The number of esters is 1. The van der Waals surface area contributed by atoms with E-state index >= 15 is 0 Å². The molecule has 1 rings (SSSR count). The minimum Gasteiger partial charge on any atom is -0.468 e. The van der Waals surface area contributed by atoms with Crippen LogP contribution in [0.3, 0.4) is 0 Å². The predicted octanol–water partition coefficient (Wildman–Crippen LogP) is 1.74. The maximum atomic E-state index is 12.0. The van der Waals surface area contributed by atoms with Crippen molar-refractivity contribution in [3.8, 4) is 0 Å². The standard InChI is InChI=1S/C14H19NO3/c1-3-4-5-6-8-14(13(17)18-2)9-7-10-15-12(16)11-14/h3-5,7,9H,1,6,8,10-11H2,2H3,(H,15,16)/b5-4+/t14-/m0/s1. The zero-order valence-electron chi connectivity index (χ0n) is 10.6. The lowest BCUT2D eigenvalue weighted by atomic mass is 9.79. The van der Waals surface area contributed by atoms with E-state index in [2.05, 4.69) is 11.9 Å². The minimum absolute atomic E-state index is 0.127. The Morgan fingerprint density at radius 2 is 2.44 bits per heavy atom. The number of ether oxygens (including phenoxy) is 1. The summed E-state index contributed by atoms with van der Waals surface area (Å²) in [5.74, 6) is -0.485. The summed E-state index contributed by atoms with van der Waals surface area (Å²) in [6, 6.07) is 0. The molecule has 0 unspecified atom stereocenters. The summed E-state index contributed by atoms with van der Waals surface area (Å²) in [4.78, 5) is 23.6. The molecule has 1 aliphatic rings. The molecule has 1 atom stereocenters. The number of carbonyl (C=O) groups excluding carboxylic acids is 2. The first-order valence-electron chi connectivity index (χ1n) is 5.95. The van der Waals surface area contributed by atoms with Gasteiger partial charge in [0.15, 0.2) is 0 Å². The summed E-state index contributed by atoms with van der Waals surface area (Å²) in [7, 11) is 1.35. The SMILES string of the molecule is C=C/C=C/CC[C@]1(C(=O)OC)C=CCNC(=O)C1. The fourth-order valence-electron chi connectivity index (χ4n) is 2.02. The van der Waals surface area contributed by atoms with E-state index in [0.29, 0.717) is 19.4 Å². The second-order valence-electron chi connectivity index (χ2n) is 4.23. The molecule has 1 aliphatic heterocycles. The highest BCUT2D eigenvalue weighted by Gasteiger charge is 2.39. The van der Waals surface area contributed by atoms with Gasteiger partial charge in [-0.1, -0.05) is 37.0 Å². The van der Waals surface area contributed by atoms with Crippen LogP contribution in [0.4, 0.5) is 0 Å². The van der Waals surface area contributed by atoms with Crippen molar-refractivity contribution >= 4 is 11.9 Å². The molecule has 1 heterocycles. The van der Waals surface area contributed by atoms with Crippen LogP contribution in [0.25, 0.3) is 0 Å². The third-order valence-electron chi connectivity index (χ3n) is 2.95. The van der Waals surface area contributed by atoms with Crippen LogP contribution in [0.5, 0.6) is 0 Å². The molecule has 4 nitrogen and oxygen atoms in total. The van der Waals surface area contributed by atoms with Crippen LogP contribution < -0.4 is 5.32 Å². The van der Waals surface area contributed by atoms with E-state index in [1.807, 2.05) is 12.2 Å². The van der Waals surface area contributed by atoms with Gasteiger partial charge in [-0.3, -0.25) is 9.59 Å². The third-order valence-corrected chi connectivity index (χ3v) is 2.95. The average Bonchev–Trinajstić information content (AvgIpc) is 2.56. The highest BCUT2D eigenvalue weighted by atomic mass is 16.5. The maximum absolute atomic E-state index is 12.0. The molecule has 1 N–H and O–H groups in total. The lowest BCUT2D eigenvalue weighted by Crippen LogP contribution is -2.35. The summed E-state index contributed by atoms with van der Waals surface area (Å²) >= 11 is 0. The van der Waals surface area contributed by atoms with E-state index in [4.69, 9.17) is 4.74 Å². The van der Waals surface area contributed by atoms with Crippen molar-refractivity contribution in [3.63, 3.8) is 0 Å². The lowest BCUT2D eigenvalue weighted by Gasteiger charge is -2.25. The van der Waals surface area contributed by atoms with E-state index in [1.165, 1.54) is 7.11 Å². The Hall–Kier alpha value is -1.84. The predicted molar refractivity (Wildman–Crippen MR) is 69.8 cm³/mol. The van der Waals surface area contributed by atoms with Crippen LogP contribution in [0.1, 0.15) is 19.3 Å². The molecule has 1 amide bonds. The van der Waals surface area contributed by atoms with Gasteiger partial charge < -0.3 is 10.1 Å². The Morgan fingerprint density at radius 1 is 1.67 bits per heavy atom. The van der Waals surface area contributed by atoms with Gasteiger partial charge in [0, 0.05) is 13.0 Å². The maximum Gasteiger partial charge on any atom is 0.316 e. The summed E-state index contributed by atoms with van der Waals surface area (Å²) in [6.45, 7) is 4.04. The van der Waals surface area contributed by atoms with Gasteiger partial charge in [-0.25, -0.2) is 0 Å². The second-order valence-corrected chi connectivity index (χ2v) is 4.23. The Kier molecular flexibility index (Phi) is 5.36. The van der Waals surface area contributed by atoms with Crippen molar-refractivity contribution in [1.29, 1.82) is 0 Å². The smallest absolute Gasteiger partial charge is 0.316 e. The molecule has 0 spiro atoms. The first-order chi connectivity index (χ1) is 8.64. The van der Waals surface area contributed by atoms with E-state index in [0.717, 1.165) is 0 Å². The van der Waals surface area contributed by atoms with Crippen molar-refractivity contribution in [1.82, 2.24) is 5.32 Å². The molecule has 0 bridgehead atoms. The van der Waals surface area contributed by atoms with Crippen LogP contribution in [-0.4, -0.2) is 25.5 Å². The van der Waals surface area contributed by atoms with Crippen LogP contribution >= 0.6 is 0 Å². The topological polar surface area (TPSA) is 55.4 Å². The Labute approximate surface area is 107 Å². The quantitative estimate of drug-likeness (QED) is 0.459. The van der Waals surface area contributed by atoms with Crippen molar-refractivity contribution in [2.45, 2.75) is 19.3 Å². The molecule has 0 aromatic rings. The van der Waals surface area contributed by atoms with E-state index in [9.17, 15) is 9.59 Å². The van der Waals surface area contributed by atoms with Gasteiger partial charge in [0.2, 0.25) is 5.91 Å². The van der Waals surface area contributed by atoms with Crippen molar-refractivity contribution in [2.24, 2.45) is 5.41 Å². The van der Waals surface area contributed by atoms with Crippen molar-refractivity contribution < 1.29 is 14.3 Å². The number of carbonyl (C=O) groups is 2. The summed E-state index contributed by atoms with van der Waals surface area (Å²) in [5.41, 5.74) is -0.846. The number of hydrogen-bond acceptors (Lipinski definition) is 3. The second kappa shape index (κ2) is 6.79. The Balaban J connectivity index is 2.86. The number of allylic oxidation sites excluding steroid dienone is 3. The minimum atomic E-state index is -0.846. The van der Waals surface area contributed by atoms with Gasteiger partial charge in [0.1, 0.15) is 0 Å². The van der Waals surface area contributed by atoms with Gasteiger partial charge >= 0.3 is 5.97 Å². The zero-order valence-corrected chi connectivity index (χ0v) is 10.6. The fraction of sp³-hybridized carbons (Fsp3) is 0.429. The molecular formula is C14H19NO3. The van der Waals surface area contributed by atoms with Crippen LogP contribution in [0, 0.1) is 5.41 Å². The number of nitrogens with one attached hydrogen (secondary N) is 1. The van der Waals surface area contributed by atoms with Crippen LogP contribution in [0.15, 0.2) is 37.0 Å². The summed E-state index contributed by atoms with van der Waals surface area (Å²) in [6.07, 6.45) is 10.4. The molecule has 0 saturated carbocycles. The monoisotopic (exact) mass is 249 g/mol. The van der Waals surface area contributed by atoms with Gasteiger partial charge in [0.25, 0.3) is 0 Å². The van der Waals surface area contributed by atoms with E-state index in [1.54, 1.807) is 18.2 Å². The molecule has 4 heteroatoms. The van der Waals surface area contributed by atoms with Crippen LogP contribution in [0.2, 0.25) is 0 Å². The highest BCUT2D eigenvalue weighted by Crippen LogP contribution is 2.33. The van der Waals surface area contributed by atoms with Gasteiger partial charge in [-0.15, -0.1) is 0 Å². The Bertz CT molecular complexity index is 385. The third kappa shape index (κ3) is 3.58. The fourth-order valence-corrected chi connectivity index (χ4v) is 2.02.